The Labute approximate surface area is 160 Å². The van der Waals surface area contributed by atoms with Gasteiger partial charge >= 0.3 is 0 Å². The highest BCUT2D eigenvalue weighted by atomic mass is 35.5. The van der Waals surface area contributed by atoms with E-state index in [1.807, 2.05) is 66.1 Å². The number of nitrogens with one attached hydrogen (secondary N) is 1. The van der Waals surface area contributed by atoms with Crippen LogP contribution in [0.3, 0.4) is 0 Å². The molecule has 0 unspecified atom stereocenters. The molecule has 0 spiro atoms. The molecule has 3 N–H and O–H groups in total. The average molecular weight is 378 g/mol. The van der Waals surface area contributed by atoms with E-state index in [4.69, 9.17) is 17.4 Å². The normalized spacial score (nSPS) is 10.9. The van der Waals surface area contributed by atoms with E-state index < -0.39 is 0 Å². The number of carbonyl (C=O) groups excluding carboxylic acids is 1. The number of hydrogen-bond acceptors (Lipinski definition) is 4. The zero-order chi connectivity index (χ0) is 19.0. The van der Waals surface area contributed by atoms with Crippen molar-refractivity contribution in [3.63, 3.8) is 0 Å². The van der Waals surface area contributed by atoms with Crippen LogP contribution in [0, 0.1) is 6.92 Å². The molecule has 0 aliphatic rings. The second kappa shape index (κ2) is 6.83. The predicted molar refractivity (Wildman–Crippen MR) is 105 cm³/mol. The Morgan fingerprint density at radius 3 is 2.70 bits per heavy atom. The zero-order valence-electron chi connectivity index (χ0n) is 14.5. The second-order valence-electron chi connectivity index (χ2n) is 6.12. The Balaban J connectivity index is 1.88. The number of aromatic nitrogens is 3. The summed E-state index contributed by atoms with van der Waals surface area (Å²) in [4.78, 5) is 12.2. The van der Waals surface area contributed by atoms with E-state index in [0.717, 1.165) is 22.3 Å². The van der Waals surface area contributed by atoms with E-state index in [0.29, 0.717) is 22.1 Å². The first kappa shape index (κ1) is 17.2. The molecular formula is C20H16ClN5O. The molecule has 27 heavy (non-hydrogen) atoms. The first-order valence-electron chi connectivity index (χ1n) is 8.31. The Morgan fingerprint density at radius 1 is 1.11 bits per heavy atom. The average Bonchev–Trinajstić information content (AvgIpc) is 3.10. The van der Waals surface area contributed by atoms with Crippen LogP contribution in [0.15, 0.2) is 60.8 Å². The number of amides is 1. The van der Waals surface area contributed by atoms with E-state index >= 15 is 0 Å². The van der Waals surface area contributed by atoms with Gasteiger partial charge in [-0.15, -0.1) is 10.2 Å². The molecule has 0 atom stereocenters. The Morgan fingerprint density at radius 2 is 1.93 bits per heavy atom. The van der Waals surface area contributed by atoms with Crippen molar-refractivity contribution >= 4 is 23.2 Å². The van der Waals surface area contributed by atoms with Crippen molar-refractivity contribution in [3.05, 3.63) is 76.9 Å². The van der Waals surface area contributed by atoms with Gasteiger partial charge in [0.05, 0.1) is 5.02 Å². The smallest absolute Gasteiger partial charge is 0.265 e. The molecule has 4 aromatic rings. The molecule has 7 heteroatoms. The Kier molecular flexibility index (Phi) is 4.35. The van der Waals surface area contributed by atoms with Crippen LogP contribution < -0.4 is 11.3 Å². The summed E-state index contributed by atoms with van der Waals surface area (Å²) in [6, 6.07) is 16.8. The highest BCUT2D eigenvalue weighted by Crippen LogP contribution is 2.31. The fourth-order valence-corrected chi connectivity index (χ4v) is 3.41. The Bertz CT molecular complexity index is 1170. The van der Waals surface area contributed by atoms with E-state index in [9.17, 15) is 4.79 Å². The minimum Gasteiger partial charge on any atom is -0.290 e. The van der Waals surface area contributed by atoms with Crippen LogP contribution in [-0.4, -0.2) is 20.5 Å². The molecule has 2 heterocycles. The van der Waals surface area contributed by atoms with Gasteiger partial charge in [-0.3, -0.25) is 14.6 Å². The molecule has 1 amide bonds. The highest BCUT2D eigenvalue weighted by molar-refractivity contribution is 6.33. The molecule has 0 saturated carbocycles. The van der Waals surface area contributed by atoms with Gasteiger partial charge in [0.15, 0.2) is 11.5 Å². The van der Waals surface area contributed by atoms with Gasteiger partial charge in [0.25, 0.3) is 5.91 Å². The van der Waals surface area contributed by atoms with E-state index in [2.05, 4.69) is 15.6 Å². The quantitative estimate of drug-likeness (QED) is 0.324. The third kappa shape index (κ3) is 2.95. The number of fused-ring (bicyclic) bond motifs is 1. The number of aryl methyl sites for hydroxylation is 1. The SMILES string of the molecule is Cc1cccc(C(=O)NN)c1-c1ccn2c(-c3ccccc3Cl)nnc2c1. The molecule has 0 aliphatic carbocycles. The van der Waals surface area contributed by atoms with Gasteiger partial charge in [0, 0.05) is 17.3 Å². The minimum absolute atomic E-state index is 0.341. The van der Waals surface area contributed by atoms with Crippen LogP contribution >= 0.6 is 11.6 Å². The van der Waals surface area contributed by atoms with Crippen molar-refractivity contribution in [1.82, 2.24) is 20.0 Å². The summed E-state index contributed by atoms with van der Waals surface area (Å²) in [6.45, 7) is 1.95. The molecule has 2 aromatic carbocycles. The second-order valence-corrected chi connectivity index (χ2v) is 6.53. The lowest BCUT2D eigenvalue weighted by atomic mass is 9.95. The highest BCUT2D eigenvalue weighted by Gasteiger charge is 2.16. The van der Waals surface area contributed by atoms with Gasteiger partial charge in [-0.1, -0.05) is 35.9 Å². The molecule has 0 radical (unpaired) electrons. The van der Waals surface area contributed by atoms with E-state index in [1.165, 1.54) is 0 Å². The largest absolute Gasteiger partial charge is 0.290 e. The topological polar surface area (TPSA) is 85.3 Å². The maximum atomic E-state index is 12.2. The fraction of sp³-hybridized carbons (Fsp3) is 0.0500. The van der Waals surface area contributed by atoms with Crippen LogP contribution in [0.25, 0.3) is 28.2 Å². The van der Waals surface area contributed by atoms with Crippen molar-refractivity contribution in [3.8, 4) is 22.5 Å². The number of benzene rings is 2. The van der Waals surface area contributed by atoms with Crippen molar-refractivity contribution < 1.29 is 4.79 Å². The van der Waals surface area contributed by atoms with Gasteiger partial charge in [-0.25, -0.2) is 5.84 Å². The first-order valence-corrected chi connectivity index (χ1v) is 8.68. The lowest BCUT2D eigenvalue weighted by Crippen LogP contribution is -2.30. The molecule has 6 nitrogen and oxygen atoms in total. The maximum absolute atomic E-state index is 12.2. The molecule has 2 aromatic heterocycles. The van der Waals surface area contributed by atoms with E-state index in [1.54, 1.807) is 6.07 Å². The molecule has 0 aliphatic heterocycles. The van der Waals surface area contributed by atoms with Crippen molar-refractivity contribution in [1.29, 1.82) is 0 Å². The predicted octanol–water partition coefficient (Wildman–Crippen LogP) is 3.63. The lowest BCUT2D eigenvalue weighted by Gasteiger charge is -2.12. The monoisotopic (exact) mass is 377 g/mol. The van der Waals surface area contributed by atoms with Gasteiger partial charge in [0.2, 0.25) is 0 Å². The molecule has 0 fully saturated rings. The number of halogens is 1. The number of nitrogens with two attached hydrogens (primary N) is 1. The molecule has 134 valence electrons. The number of rotatable bonds is 3. The number of hydrogen-bond donors (Lipinski definition) is 2. The van der Waals surface area contributed by atoms with Crippen molar-refractivity contribution in [2.75, 3.05) is 0 Å². The number of nitrogen functional groups attached to an aromatic ring is 1. The molecule has 4 rings (SSSR count). The van der Waals surface area contributed by atoms with Crippen LogP contribution in [0.5, 0.6) is 0 Å². The summed E-state index contributed by atoms with van der Waals surface area (Å²) in [6.07, 6.45) is 1.87. The summed E-state index contributed by atoms with van der Waals surface area (Å²) in [5, 5.41) is 9.17. The third-order valence-corrected chi connectivity index (χ3v) is 4.79. The summed E-state index contributed by atoms with van der Waals surface area (Å²) in [5.74, 6) is 5.65. The first-order chi connectivity index (χ1) is 13.1. The number of hydrazine groups is 1. The zero-order valence-corrected chi connectivity index (χ0v) is 15.2. The number of pyridine rings is 1. The lowest BCUT2D eigenvalue weighted by molar-refractivity contribution is 0.0954. The molecular weight excluding hydrogens is 362 g/mol. The number of nitrogens with zero attached hydrogens (tertiary/aromatic N) is 3. The van der Waals surface area contributed by atoms with Crippen LogP contribution in [0.1, 0.15) is 15.9 Å². The van der Waals surface area contributed by atoms with Crippen LogP contribution in [0.4, 0.5) is 0 Å². The minimum atomic E-state index is -0.341. The summed E-state index contributed by atoms with van der Waals surface area (Å²) >= 11 is 6.30. The molecule has 0 saturated heterocycles. The maximum Gasteiger partial charge on any atom is 0.265 e. The third-order valence-electron chi connectivity index (χ3n) is 4.46. The summed E-state index contributed by atoms with van der Waals surface area (Å²) < 4.78 is 1.87. The van der Waals surface area contributed by atoms with Gasteiger partial charge in [-0.2, -0.15) is 0 Å². The summed E-state index contributed by atoms with van der Waals surface area (Å²) in [5.41, 5.74) is 6.80. The molecule has 0 bridgehead atoms. The van der Waals surface area contributed by atoms with Gasteiger partial charge < -0.3 is 0 Å². The van der Waals surface area contributed by atoms with Gasteiger partial charge in [0.1, 0.15) is 0 Å². The van der Waals surface area contributed by atoms with Crippen LogP contribution in [-0.2, 0) is 0 Å². The fourth-order valence-electron chi connectivity index (χ4n) is 3.19. The summed E-state index contributed by atoms with van der Waals surface area (Å²) in [7, 11) is 0. The number of carbonyl (C=O) groups is 1. The standard InChI is InChI=1S/C20H16ClN5O/c1-12-5-4-7-15(20(27)23-22)18(12)13-9-10-26-17(11-13)24-25-19(26)14-6-2-3-8-16(14)21/h2-11H,22H2,1H3,(H,23,27). The van der Waals surface area contributed by atoms with Crippen LogP contribution in [0.2, 0.25) is 5.02 Å². The van der Waals surface area contributed by atoms with Gasteiger partial charge in [-0.05, 0) is 53.9 Å². The van der Waals surface area contributed by atoms with Crippen molar-refractivity contribution in [2.45, 2.75) is 6.92 Å². The Hall–Kier alpha value is -3.22. The van der Waals surface area contributed by atoms with E-state index in [-0.39, 0.29) is 5.91 Å². The van der Waals surface area contributed by atoms with Crippen molar-refractivity contribution in [2.24, 2.45) is 5.84 Å².